The van der Waals surface area contributed by atoms with E-state index in [9.17, 15) is 13.2 Å². The van der Waals surface area contributed by atoms with Gasteiger partial charge in [0.25, 0.3) is 0 Å². The molecule has 2 fully saturated rings. The molecule has 0 unspecified atom stereocenters. The molecule has 2 aliphatic rings. The van der Waals surface area contributed by atoms with Gasteiger partial charge in [-0.05, 0) is 31.2 Å². The predicted molar refractivity (Wildman–Crippen MR) is 84.9 cm³/mol. The Bertz CT molecular complexity index is 630. The van der Waals surface area contributed by atoms with Gasteiger partial charge < -0.3 is 4.90 Å². The number of likely N-dealkylation sites (tertiary alicyclic amines) is 1. The summed E-state index contributed by atoms with van der Waals surface area (Å²) in [6, 6.07) is 10.3. The van der Waals surface area contributed by atoms with E-state index in [-0.39, 0.29) is 24.2 Å². The lowest BCUT2D eigenvalue weighted by Gasteiger charge is -2.26. The molecule has 2 aliphatic heterocycles. The van der Waals surface area contributed by atoms with Crippen LogP contribution in [0.25, 0.3) is 0 Å². The molecule has 1 atom stereocenters. The summed E-state index contributed by atoms with van der Waals surface area (Å²) in [5, 5.41) is 0. The van der Waals surface area contributed by atoms with E-state index in [1.807, 2.05) is 23.1 Å². The van der Waals surface area contributed by atoms with Gasteiger partial charge >= 0.3 is 0 Å². The minimum absolute atomic E-state index is 0.00756. The van der Waals surface area contributed by atoms with Crippen LogP contribution >= 0.6 is 0 Å². The first-order valence-corrected chi connectivity index (χ1v) is 9.48. The van der Waals surface area contributed by atoms with Crippen LogP contribution in [0, 0.1) is 0 Å². The van der Waals surface area contributed by atoms with Gasteiger partial charge in [0.1, 0.15) is 0 Å². The molecule has 0 spiro atoms. The first-order valence-electron chi connectivity index (χ1n) is 7.87. The summed E-state index contributed by atoms with van der Waals surface area (Å²) < 4.78 is 25.0. The van der Waals surface area contributed by atoms with E-state index in [2.05, 4.69) is 12.1 Å². The van der Waals surface area contributed by atoms with Crippen LogP contribution in [0.5, 0.6) is 0 Å². The average molecular weight is 322 g/mol. The standard InChI is InChI=1S/C16H22N2O3S/c19-16(13-17-9-5-11-22(17,20)21)18-10-4-8-15(18)12-14-6-2-1-3-7-14/h1-3,6-7,15H,4-5,8-13H2/t15-/m1/s1. The van der Waals surface area contributed by atoms with Crippen molar-refractivity contribution in [2.24, 2.45) is 0 Å². The summed E-state index contributed by atoms with van der Waals surface area (Å²) in [5.41, 5.74) is 1.22. The fourth-order valence-corrected chi connectivity index (χ4v) is 4.84. The molecule has 5 nitrogen and oxygen atoms in total. The van der Waals surface area contributed by atoms with Gasteiger partial charge in [-0.2, -0.15) is 4.31 Å². The first-order chi connectivity index (χ1) is 10.6. The van der Waals surface area contributed by atoms with E-state index in [0.717, 1.165) is 25.8 Å². The quantitative estimate of drug-likeness (QED) is 0.838. The van der Waals surface area contributed by atoms with Gasteiger partial charge in [0.2, 0.25) is 15.9 Å². The largest absolute Gasteiger partial charge is 0.338 e. The van der Waals surface area contributed by atoms with E-state index in [4.69, 9.17) is 0 Å². The van der Waals surface area contributed by atoms with Crippen LogP contribution in [0.1, 0.15) is 24.8 Å². The summed E-state index contributed by atoms with van der Waals surface area (Å²) in [6.45, 7) is 1.23. The zero-order valence-electron chi connectivity index (χ0n) is 12.6. The molecule has 120 valence electrons. The number of hydrogen-bond acceptors (Lipinski definition) is 3. The monoisotopic (exact) mass is 322 g/mol. The zero-order chi connectivity index (χ0) is 15.6. The maximum atomic E-state index is 12.5. The maximum absolute atomic E-state index is 12.5. The van der Waals surface area contributed by atoms with E-state index < -0.39 is 10.0 Å². The van der Waals surface area contributed by atoms with Gasteiger partial charge in [-0.1, -0.05) is 30.3 Å². The fraction of sp³-hybridized carbons (Fsp3) is 0.562. The summed E-state index contributed by atoms with van der Waals surface area (Å²) >= 11 is 0. The summed E-state index contributed by atoms with van der Waals surface area (Å²) in [6.07, 6.45) is 3.46. The molecule has 0 bridgehead atoms. The molecule has 6 heteroatoms. The molecular weight excluding hydrogens is 300 g/mol. The first kappa shape index (κ1) is 15.5. The van der Waals surface area contributed by atoms with Crippen molar-refractivity contribution in [3.05, 3.63) is 35.9 Å². The van der Waals surface area contributed by atoms with Crippen molar-refractivity contribution < 1.29 is 13.2 Å². The highest BCUT2D eigenvalue weighted by Gasteiger charge is 2.34. The SMILES string of the molecule is O=C(CN1CCCS1(=O)=O)N1CCC[C@@H]1Cc1ccccc1. The van der Waals surface area contributed by atoms with Crippen LogP contribution in [-0.2, 0) is 21.2 Å². The van der Waals surface area contributed by atoms with E-state index >= 15 is 0 Å². The second-order valence-corrected chi connectivity index (χ2v) is 8.16. The highest BCUT2D eigenvalue weighted by Crippen LogP contribution is 2.22. The number of carbonyl (C=O) groups is 1. The molecule has 0 N–H and O–H groups in total. The van der Waals surface area contributed by atoms with Crippen molar-refractivity contribution in [2.45, 2.75) is 31.7 Å². The van der Waals surface area contributed by atoms with Gasteiger partial charge in [-0.25, -0.2) is 8.42 Å². The number of hydrogen-bond donors (Lipinski definition) is 0. The average Bonchev–Trinajstić information content (AvgIpc) is 3.07. The molecule has 0 aromatic heterocycles. The second kappa shape index (κ2) is 6.38. The van der Waals surface area contributed by atoms with Crippen molar-refractivity contribution >= 4 is 15.9 Å². The smallest absolute Gasteiger partial charge is 0.238 e. The van der Waals surface area contributed by atoms with E-state index in [0.29, 0.717) is 13.0 Å². The number of sulfonamides is 1. The second-order valence-electron chi connectivity index (χ2n) is 6.08. The Morgan fingerprint density at radius 1 is 1.14 bits per heavy atom. The van der Waals surface area contributed by atoms with E-state index in [1.54, 1.807) is 0 Å². The molecule has 1 aromatic carbocycles. The molecule has 0 saturated carbocycles. The van der Waals surface area contributed by atoms with Crippen molar-refractivity contribution in [3.63, 3.8) is 0 Å². The number of benzene rings is 1. The van der Waals surface area contributed by atoms with Gasteiger partial charge in [-0.15, -0.1) is 0 Å². The van der Waals surface area contributed by atoms with Crippen molar-refractivity contribution in [3.8, 4) is 0 Å². The summed E-state index contributed by atoms with van der Waals surface area (Å²) in [5.74, 6) is 0.122. The third kappa shape index (κ3) is 3.33. The number of nitrogens with zero attached hydrogens (tertiary/aromatic N) is 2. The number of carbonyl (C=O) groups excluding carboxylic acids is 1. The highest BCUT2D eigenvalue weighted by atomic mass is 32.2. The van der Waals surface area contributed by atoms with Gasteiger partial charge in [0.15, 0.2) is 0 Å². The molecule has 1 amide bonds. The molecule has 3 rings (SSSR count). The molecule has 0 aliphatic carbocycles. The molecule has 2 saturated heterocycles. The van der Waals surface area contributed by atoms with Crippen LogP contribution in [0.2, 0.25) is 0 Å². The predicted octanol–water partition coefficient (Wildman–Crippen LogP) is 1.26. The Morgan fingerprint density at radius 2 is 1.91 bits per heavy atom. The zero-order valence-corrected chi connectivity index (χ0v) is 13.5. The lowest BCUT2D eigenvalue weighted by Crippen LogP contribution is -2.43. The molecule has 0 radical (unpaired) electrons. The molecular formula is C16H22N2O3S. The molecule has 22 heavy (non-hydrogen) atoms. The molecule has 2 heterocycles. The van der Waals surface area contributed by atoms with Crippen molar-refractivity contribution in [1.29, 1.82) is 0 Å². The third-order valence-electron chi connectivity index (χ3n) is 4.53. The van der Waals surface area contributed by atoms with Crippen molar-refractivity contribution in [1.82, 2.24) is 9.21 Å². The summed E-state index contributed by atoms with van der Waals surface area (Å²) in [7, 11) is -3.20. The van der Waals surface area contributed by atoms with Crippen LogP contribution in [0.15, 0.2) is 30.3 Å². The highest BCUT2D eigenvalue weighted by molar-refractivity contribution is 7.89. The fourth-order valence-electron chi connectivity index (χ4n) is 3.37. The minimum Gasteiger partial charge on any atom is -0.338 e. The Hall–Kier alpha value is -1.40. The Balaban J connectivity index is 1.64. The van der Waals surface area contributed by atoms with Crippen LogP contribution in [-0.4, -0.2) is 55.0 Å². The van der Waals surface area contributed by atoms with Crippen LogP contribution in [0.4, 0.5) is 0 Å². The lowest BCUT2D eigenvalue weighted by atomic mass is 10.0. The number of amides is 1. The van der Waals surface area contributed by atoms with Gasteiger partial charge in [0, 0.05) is 19.1 Å². The van der Waals surface area contributed by atoms with E-state index in [1.165, 1.54) is 9.87 Å². The Labute approximate surface area is 132 Å². The summed E-state index contributed by atoms with van der Waals surface area (Å²) in [4.78, 5) is 14.4. The van der Waals surface area contributed by atoms with Crippen molar-refractivity contribution in [2.75, 3.05) is 25.4 Å². The Kier molecular flexibility index (Phi) is 4.49. The Morgan fingerprint density at radius 3 is 2.59 bits per heavy atom. The topological polar surface area (TPSA) is 57.7 Å². The minimum atomic E-state index is -3.20. The lowest BCUT2D eigenvalue weighted by molar-refractivity contribution is -0.132. The number of rotatable bonds is 4. The van der Waals surface area contributed by atoms with Gasteiger partial charge in [0.05, 0.1) is 12.3 Å². The van der Waals surface area contributed by atoms with Crippen LogP contribution < -0.4 is 0 Å². The van der Waals surface area contributed by atoms with Gasteiger partial charge in [-0.3, -0.25) is 4.79 Å². The molecule has 1 aromatic rings. The van der Waals surface area contributed by atoms with Crippen LogP contribution in [0.3, 0.4) is 0 Å². The normalized spacial score (nSPS) is 24.7. The maximum Gasteiger partial charge on any atom is 0.238 e. The third-order valence-corrected chi connectivity index (χ3v) is 6.43.